The Kier molecular flexibility index (Phi) is 5.33. The molecule has 0 spiro atoms. The first-order valence-corrected chi connectivity index (χ1v) is 5.43. The maximum Gasteiger partial charge on any atom is 0.291 e. The molecule has 1 aromatic rings. The van der Waals surface area contributed by atoms with E-state index in [1.807, 2.05) is 0 Å². The summed E-state index contributed by atoms with van der Waals surface area (Å²) in [5.74, 6) is -0.355. The average molecular weight is 291 g/mol. The normalized spacial score (nSPS) is 14.9. The van der Waals surface area contributed by atoms with Crippen molar-refractivity contribution in [3.8, 4) is 0 Å². The molecule has 0 bridgehead atoms. The first kappa shape index (κ1) is 14.7. The Morgan fingerprint density at radius 3 is 2.89 bits per heavy atom. The number of aromatic nitrogens is 1. The second-order valence-electron chi connectivity index (χ2n) is 3.56. The molecule has 2 heterocycles. The molecular weight excluding hydrogens is 279 g/mol. The van der Waals surface area contributed by atoms with Crippen LogP contribution in [0.5, 0.6) is 0 Å². The third-order valence-electron chi connectivity index (χ3n) is 2.40. The van der Waals surface area contributed by atoms with E-state index in [1.165, 1.54) is 0 Å². The number of halogens is 2. The molecule has 2 N–H and O–H groups in total. The summed E-state index contributed by atoms with van der Waals surface area (Å²) in [6.45, 7) is 1.41. The van der Waals surface area contributed by atoms with Crippen molar-refractivity contribution in [3.63, 3.8) is 0 Å². The van der Waals surface area contributed by atoms with Crippen LogP contribution in [0.2, 0.25) is 5.15 Å². The fourth-order valence-electron chi connectivity index (χ4n) is 1.56. The molecule has 0 aromatic carbocycles. The summed E-state index contributed by atoms with van der Waals surface area (Å²) < 4.78 is 0. The Labute approximate surface area is 115 Å². The van der Waals surface area contributed by atoms with Crippen LogP contribution in [-0.4, -0.2) is 39.9 Å². The second-order valence-corrected chi connectivity index (χ2v) is 3.95. The molecule has 8 heteroatoms. The second kappa shape index (κ2) is 6.53. The Balaban J connectivity index is 0.00000162. The molecule has 1 aliphatic heterocycles. The van der Waals surface area contributed by atoms with Gasteiger partial charge in [0, 0.05) is 19.3 Å². The van der Waals surface area contributed by atoms with Crippen LogP contribution < -0.4 is 5.48 Å². The van der Waals surface area contributed by atoms with Gasteiger partial charge in [-0.05, 0) is 11.6 Å². The fourth-order valence-corrected chi connectivity index (χ4v) is 1.67. The van der Waals surface area contributed by atoms with Crippen molar-refractivity contribution < 1.29 is 10.0 Å². The van der Waals surface area contributed by atoms with Crippen LogP contribution >= 0.6 is 24.0 Å². The van der Waals surface area contributed by atoms with Crippen LogP contribution in [0.25, 0.3) is 0 Å². The number of amides is 1. The van der Waals surface area contributed by atoms with Crippen molar-refractivity contribution in [2.75, 3.05) is 13.1 Å². The molecule has 1 aliphatic rings. The van der Waals surface area contributed by atoms with Gasteiger partial charge in [-0.1, -0.05) is 17.7 Å². The van der Waals surface area contributed by atoms with Gasteiger partial charge in [0.15, 0.2) is 0 Å². The number of hydroxylamine groups is 1. The van der Waals surface area contributed by atoms with Gasteiger partial charge in [0.05, 0.1) is 6.54 Å². The van der Waals surface area contributed by atoms with Crippen molar-refractivity contribution in [3.05, 3.63) is 29.0 Å². The van der Waals surface area contributed by atoms with E-state index >= 15 is 0 Å². The van der Waals surface area contributed by atoms with Crippen LogP contribution in [0.15, 0.2) is 23.3 Å². The number of carbonyl (C=O) groups excluding carboxylic acids is 1. The summed E-state index contributed by atoms with van der Waals surface area (Å²) in [5, 5.41) is 9.14. The lowest BCUT2D eigenvalue weighted by atomic mass is 10.2. The van der Waals surface area contributed by atoms with Crippen LogP contribution in [-0.2, 0) is 11.3 Å². The molecule has 0 saturated carbocycles. The molecule has 0 unspecified atom stereocenters. The molecule has 0 radical (unpaired) electrons. The Morgan fingerprint density at radius 1 is 1.50 bits per heavy atom. The number of pyridine rings is 1. The van der Waals surface area contributed by atoms with E-state index in [0.29, 0.717) is 24.8 Å². The zero-order chi connectivity index (χ0) is 12.3. The maximum absolute atomic E-state index is 11.8. The molecule has 6 nitrogen and oxygen atoms in total. The van der Waals surface area contributed by atoms with Crippen LogP contribution in [0, 0.1) is 0 Å². The monoisotopic (exact) mass is 290 g/mol. The van der Waals surface area contributed by atoms with Gasteiger partial charge >= 0.3 is 0 Å². The SMILES string of the molecule is Cl.O=C1C(NO)=NCCN1Cc1ccc(Cl)nc1. The number of hydrogen-bond acceptors (Lipinski definition) is 5. The van der Waals surface area contributed by atoms with Gasteiger partial charge in [0.25, 0.3) is 5.91 Å². The number of hydrogen-bond donors (Lipinski definition) is 2. The number of nitrogens with zero attached hydrogens (tertiary/aromatic N) is 3. The predicted molar refractivity (Wildman–Crippen MR) is 69.1 cm³/mol. The van der Waals surface area contributed by atoms with Gasteiger partial charge < -0.3 is 4.90 Å². The Bertz CT molecular complexity index is 450. The minimum Gasteiger partial charge on any atom is -0.330 e. The highest BCUT2D eigenvalue weighted by molar-refractivity contribution is 6.37. The summed E-state index contributed by atoms with van der Waals surface area (Å²) in [4.78, 5) is 21.1. The largest absolute Gasteiger partial charge is 0.330 e. The summed E-state index contributed by atoms with van der Waals surface area (Å²) in [5.41, 5.74) is 2.68. The Hall–Kier alpha value is -1.37. The lowest BCUT2D eigenvalue weighted by Crippen LogP contribution is -2.46. The summed E-state index contributed by atoms with van der Waals surface area (Å²) in [7, 11) is 0. The third kappa shape index (κ3) is 3.32. The summed E-state index contributed by atoms with van der Waals surface area (Å²) >= 11 is 5.67. The van der Waals surface area contributed by atoms with Crippen LogP contribution in [0.4, 0.5) is 0 Å². The first-order valence-electron chi connectivity index (χ1n) is 5.05. The zero-order valence-electron chi connectivity index (χ0n) is 9.34. The predicted octanol–water partition coefficient (Wildman–Crippen LogP) is 0.876. The van der Waals surface area contributed by atoms with E-state index in [9.17, 15) is 4.79 Å². The fraction of sp³-hybridized carbons (Fsp3) is 0.300. The van der Waals surface area contributed by atoms with Gasteiger partial charge in [0.2, 0.25) is 5.84 Å². The van der Waals surface area contributed by atoms with E-state index in [4.69, 9.17) is 16.8 Å². The number of nitrogens with one attached hydrogen (secondary N) is 1. The number of amidine groups is 1. The zero-order valence-corrected chi connectivity index (χ0v) is 10.9. The molecule has 18 heavy (non-hydrogen) atoms. The smallest absolute Gasteiger partial charge is 0.291 e. The van der Waals surface area contributed by atoms with Gasteiger partial charge in [-0.3, -0.25) is 15.0 Å². The quantitative estimate of drug-likeness (QED) is 0.626. The van der Waals surface area contributed by atoms with Gasteiger partial charge in [-0.15, -0.1) is 12.4 Å². The number of carbonyl (C=O) groups is 1. The molecule has 1 aromatic heterocycles. The van der Waals surface area contributed by atoms with E-state index in [0.717, 1.165) is 5.56 Å². The number of aliphatic imine (C=N–C) groups is 1. The topological polar surface area (TPSA) is 77.8 Å². The molecule has 2 rings (SSSR count). The lowest BCUT2D eigenvalue weighted by Gasteiger charge is -2.25. The minimum atomic E-state index is -0.325. The van der Waals surface area contributed by atoms with Gasteiger partial charge in [-0.2, -0.15) is 0 Å². The molecule has 98 valence electrons. The highest BCUT2D eigenvalue weighted by atomic mass is 35.5. The van der Waals surface area contributed by atoms with Crippen LogP contribution in [0.1, 0.15) is 5.56 Å². The molecular formula is C10H12Cl2N4O2. The minimum absolute atomic E-state index is 0. The Morgan fingerprint density at radius 2 is 2.28 bits per heavy atom. The highest BCUT2D eigenvalue weighted by Gasteiger charge is 2.23. The van der Waals surface area contributed by atoms with Crippen molar-refractivity contribution in [1.82, 2.24) is 15.4 Å². The van der Waals surface area contributed by atoms with E-state index in [2.05, 4.69) is 9.98 Å². The van der Waals surface area contributed by atoms with Gasteiger partial charge in [-0.25, -0.2) is 10.5 Å². The van der Waals surface area contributed by atoms with E-state index in [-0.39, 0.29) is 24.1 Å². The van der Waals surface area contributed by atoms with Crippen molar-refractivity contribution in [2.45, 2.75) is 6.54 Å². The summed E-state index contributed by atoms with van der Waals surface area (Å²) in [6.07, 6.45) is 1.62. The van der Waals surface area contributed by atoms with Gasteiger partial charge in [0.1, 0.15) is 5.15 Å². The molecule has 1 amide bonds. The van der Waals surface area contributed by atoms with Crippen LogP contribution in [0.3, 0.4) is 0 Å². The van der Waals surface area contributed by atoms with E-state index < -0.39 is 0 Å². The van der Waals surface area contributed by atoms with Crippen molar-refractivity contribution in [2.24, 2.45) is 4.99 Å². The highest BCUT2D eigenvalue weighted by Crippen LogP contribution is 2.09. The molecule has 0 aliphatic carbocycles. The van der Waals surface area contributed by atoms with Crippen molar-refractivity contribution >= 4 is 35.8 Å². The molecule has 0 atom stereocenters. The lowest BCUT2D eigenvalue weighted by molar-refractivity contribution is -0.125. The molecule has 0 fully saturated rings. The standard InChI is InChI=1S/C10H11ClN4O2.ClH/c11-8-2-1-7(5-13-8)6-15-4-3-12-9(14-17)10(15)16;/h1-2,5,17H,3-4,6H2,(H,12,14);1H. The van der Waals surface area contributed by atoms with Crippen molar-refractivity contribution in [1.29, 1.82) is 0 Å². The maximum atomic E-state index is 11.8. The summed E-state index contributed by atoms with van der Waals surface area (Å²) in [6, 6.07) is 3.48. The third-order valence-corrected chi connectivity index (χ3v) is 2.62. The van der Waals surface area contributed by atoms with E-state index in [1.54, 1.807) is 28.7 Å². The first-order chi connectivity index (χ1) is 8.20. The average Bonchev–Trinajstić information content (AvgIpc) is 2.35. The molecule has 0 saturated heterocycles. The number of rotatable bonds is 2.